The minimum absolute atomic E-state index is 0.183. The number of sulfonamides is 1. The molecule has 1 N–H and O–H groups in total. The molecule has 6 heteroatoms. The maximum Gasteiger partial charge on any atom is 0.322 e. The monoisotopic (exact) mass is 297 g/mol. The topological polar surface area (TPSA) is 74.7 Å². The summed E-state index contributed by atoms with van der Waals surface area (Å²) in [5, 5.41) is 9.22. The van der Waals surface area contributed by atoms with E-state index < -0.39 is 22.0 Å². The molecule has 1 aromatic carbocycles. The van der Waals surface area contributed by atoms with Crippen LogP contribution in [0.2, 0.25) is 0 Å². The Labute approximate surface area is 119 Å². The van der Waals surface area contributed by atoms with Crippen molar-refractivity contribution in [2.45, 2.75) is 44.0 Å². The zero-order valence-electron chi connectivity index (χ0n) is 11.7. The molecule has 0 aliphatic carbocycles. The van der Waals surface area contributed by atoms with E-state index in [0.29, 0.717) is 12.8 Å². The summed E-state index contributed by atoms with van der Waals surface area (Å²) in [5.41, 5.74) is 1.71. The zero-order chi connectivity index (χ0) is 14.9. The van der Waals surface area contributed by atoms with E-state index in [4.69, 9.17) is 0 Å². The van der Waals surface area contributed by atoms with Crippen LogP contribution in [0.1, 0.15) is 30.4 Å². The van der Waals surface area contributed by atoms with Gasteiger partial charge in [-0.05, 0) is 56.4 Å². The summed E-state index contributed by atoms with van der Waals surface area (Å²) in [7, 11) is -3.75. The largest absolute Gasteiger partial charge is 0.480 e. The number of nitrogens with zero attached hydrogens (tertiary/aromatic N) is 1. The van der Waals surface area contributed by atoms with Gasteiger partial charge in [0.1, 0.15) is 6.04 Å². The minimum atomic E-state index is -3.75. The van der Waals surface area contributed by atoms with Gasteiger partial charge in [-0.1, -0.05) is 6.07 Å². The first-order valence-corrected chi connectivity index (χ1v) is 8.09. The van der Waals surface area contributed by atoms with Crippen LogP contribution in [0.4, 0.5) is 0 Å². The number of piperidine rings is 1. The first-order chi connectivity index (χ1) is 9.32. The van der Waals surface area contributed by atoms with Gasteiger partial charge in [0.05, 0.1) is 4.90 Å². The Morgan fingerprint density at radius 3 is 2.35 bits per heavy atom. The van der Waals surface area contributed by atoms with E-state index in [1.165, 1.54) is 0 Å². The maximum atomic E-state index is 12.7. The Morgan fingerprint density at radius 2 is 1.80 bits per heavy atom. The molecule has 5 nitrogen and oxygen atoms in total. The van der Waals surface area contributed by atoms with E-state index in [-0.39, 0.29) is 11.4 Å². The zero-order valence-corrected chi connectivity index (χ0v) is 12.5. The highest BCUT2D eigenvalue weighted by Crippen LogP contribution is 2.26. The fourth-order valence-corrected chi connectivity index (χ4v) is 4.50. The summed E-state index contributed by atoms with van der Waals surface area (Å²) in [4.78, 5) is 11.5. The fraction of sp³-hybridized carbons (Fsp3) is 0.500. The van der Waals surface area contributed by atoms with Gasteiger partial charge < -0.3 is 5.11 Å². The molecule has 0 bridgehead atoms. The Kier molecular flexibility index (Phi) is 4.15. The van der Waals surface area contributed by atoms with Crippen molar-refractivity contribution >= 4 is 16.0 Å². The lowest BCUT2D eigenvalue weighted by molar-refractivity contribution is -0.142. The van der Waals surface area contributed by atoms with Crippen LogP contribution < -0.4 is 0 Å². The molecule has 20 heavy (non-hydrogen) atoms. The number of hydrogen-bond donors (Lipinski definition) is 1. The molecule has 1 aliphatic heterocycles. The first kappa shape index (κ1) is 15.0. The molecule has 1 atom stereocenters. The van der Waals surface area contributed by atoms with Gasteiger partial charge in [0.25, 0.3) is 0 Å². The van der Waals surface area contributed by atoms with E-state index in [0.717, 1.165) is 21.9 Å². The molecule has 0 spiro atoms. The van der Waals surface area contributed by atoms with Crippen LogP contribution in [0.25, 0.3) is 0 Å². The van der Waals surface area contributed by atoms with Gasteiger partial charge in [-0.25, -0.2) is 8.42 Å². The highest BCUT2D eigenvalue weighted by atomic mass is 32.2. The van der Waals surface area contributed by atoms with Gasteiger partial charge in [0, 0.05) is 6.54 Å². The van der Waals surface area contributed by atoms with Crippen molar-refractivity contribution < 1.29 is 18.3 Å². The Morgan fingerprint density at radius 1 is 1.20 bits per heavy atom. The molecule has 1 fully saturated rings. The SMILES string of the molecule is Cc1cc(C)cc(S(=O)(=O)N2CCCC[C@@H]2C(=O)O)c1. The average molecular weight is 297 g/mol. The van der Waals surface area contributed by atoms with Crippen molar-refractivity contribution in [3.8, 4) is 0 Å². The molecule has 0 saturated carbocycles. The number of aliphatic carboxylic acids is 1. The van der Waals surface area contributed by atoms with Crippen molar-refractivity contribution in [1.82, 2.24) is 4.31 Å². The third-order valence-electron chi connectivity index (χ3n) is 3.54. The predicted molar refractivity (Wildman–Crippen MR) is 75.1 cm³/mol. The molecule has 110 valence electrons. The third kappa shape index (κ3) is 2.86. The van der Waals surface area contributed by atoms with Crippen molar-refractivity contribution in [3.63, 3.8) is 0 Å². The van der Waals surface area contributed by atoms with Gasteiger partial charge in [0.2, 0.25) is 10.0 Å². The van der Waals surface area contributed by atoms with Crippen molar-refractivity contribution in [2.24, 2.45) is 0 Å². The van der Waals surface area contributed by atoms with Gasteiger partial charge in [-0.2, -0.15) is 4.31 Å². The second kappa shape index (κ2) is 5.54. The molecular formula is C14H19NO4S. The van der Waals surface area contributed by atoms with E-state index in [2.05, 4.69) is 0 Å². The van der Waals surface area contributed by atoms with E-state index in [1.807, 2.05) is 19.9 Å². The normalized spacial score (nSPS) is 20.8. The number of hydrogen-bond acceptors (Lipinski definition) is 3. The molecule has 0 unspecified atom stereocenters. The number of carbonyl (C=O) groups is 1. The van der Waals surface area contributed by atoms with E-state index in [1.54, 1.807) is 12.1 Å². The molecule has 0 amide bonds. The van der Waals surface area contributed by atoms with Crippen LogP contribution >= 0.6 is 0 Å². The number of carboxylic acids is 1. The van der Waals surface area contributed by atoms with Gasteiger partial charge in [-0.15, -0.1) is 0 Å². The number of carboxylic acid groups (broad SMARTS) is 1. The lowest BCUT2D eigenvalue weighted by atomic mass is 10.1. The molecule has 0 radical (unpaired) electrons. The highest BCUT2D eigenvalue weighted by Gasteiger charge is 2.37. The molecule has 2 rings (SSSR count). The van der Waals surface area contributed by atoms with Crippen LogP contribution in [-0.4, -0.2) is 36.4 Å². The van der Waals surface area contributed by atoms with E-state index in [9.17, 15) is 18.3 Å². The summed E-state index contributed by atoms with van der Waals surface area (Å²) in [6.45, 7) is 3.93. The van der Waals surface area contributed by atoms with Crippen LogP contribution in [0.15, 0.2) is 23.1 Å². The van der Waals surface area contributed by atoms with Crippen LogP contribution in [0.5, 0.6) is 0 Å². The van der Waals surface area contributed by atoms with Gasteiger partial charge in [-0.3, -0.25) is 4.79 Å². The summed E-state index contributed by atoms with van der Waals surface area (Å²) >= 11 is 0. The highest BCUT2D eigenvalue weighted by molar-refractivity contribution is 7.89. The molecular weight excluding hydrogens is 278 g/mol. The fourth-order valence-electron chi connectivity index (χ4n) is 2.66. The second-order valence-corrected chi connectivity index (χ2v) is 7.18. The Hall–Kier alpha value is -1.40. The number of benzene rings is 1. The van der Waals surface area contributed by atoms with Crippen LogP contribution in [0.3, 0.4) is 0 Å². The smallest absolute Gasteiger partial charge is 0.322 e. The molecule has 1 aromatic rings. The van der Waals surface area contributed by atoms with E-state index >= 15 is 0 Å². The molecule has 1 saturated heterocycles. The first-order valence-electron chi connectivity index (χ1n) is 6.65. The summed E-state index contributed by atoms with van der Waals surface area (Å²) in [6.07, 6.45) is 1.82. The quantitative estimate of drug-likeness (QED) is 0.925. The summed E-state index contributed by atoms with van der Waals surface area (Å²) in [6, 6.07) is 4.13. The van der Waals surface area contributed by atoms with Crippen molar-refractivity contribution in [3.05, 3.63) is 29.3 Å². The second-order valence-electron chi connectivity index (χ2n) is 5.29. The predicted octanol–water partition coefficient (Wildman–Crippen LogP) is 1.93. The van der Waals surface area contributed by atoms with Crippen LogP contribution in [0, 0.1) is 13.8 Å². The molecule has 1 aliphatic rings. The lowest BCUT2D eigenvalue weighted by Gasteiger charge is -2.32. The van der Waals surface area contributed by atoms with Gasteiger partial charge >= 0.3 is 5.97 Å². The van der Waals surface area contributed by atoms with Crippen molar-refractivity contribution in [1.29, 1.82) is 0 Å². The van der Waals surface area contributed by atoms with Gasteiger partial charge in [0.15, 0.2) is 0 Å². The number of aryl methyl sites for hydroxylation is 2. The Balaban J connectivity index is 2.44. The standard InChI is InChI=1S/C14H19NO4S/c1-10-7-11(2)9-12(8-10)20(18,19)15-6-4-3-5-13(15)14(16)17/h7-9,13H,3-6H2,1-2H3,(H,16,17)/t13-/m1/s1. The number of rotatable bonds is 3. The lowest BCUT2D eigenvalue weighted by Crippen LogP contribution is -2.47. The molecule has 1 heterocycles. The summed E-state index contributed by atoms with van der Waals surface area (Å²) in [5.74, 6) is -1.07. The third-order valence-corrected chi connectivity index (χ3v) is 5.43. The average Bonchev–Trinajstić information content (AvgIpc) is 2.37. The van der Waals surface area contributed by atoms with Crippen LogP contribution in [-0.2, 0) is 14.8 Å². The summed E-state index contributed by atoms with van der Waals surface area (Å²) < 4.78 is 26.5. The maximum absolute atomic E-state index is 12.7. The minimum Gasteiger partial charge on any atom is -0.480 e. The Bertz CT molecular complexity index is 604. The molecule has 0 aromatic heterocycles. The van der Waals surface area contributed by atoms with Crippen molar-refractivity contribution in [2.75, 3.05) is 6.54 Å².